The molecule has 1 saturated heterocycles. The van der Waals surface area contributed by atoms with Crippen molar-refractivity contribution in [3.8, 4) is 5.75 Å². The lowest BCUT2D eigenvalue weighted by atomic mass is 10.0. The first-order valence-corrected chi connectivity index (χ1v) is 13.3. The maximum atomic E-state index is 12.9. The van der Waals surface area contributed by atoms with E-state index >= 15 is 0 Å². The van der Waals surface area contributed by atoms with Gasteiger partial charge in [-0.15, -0.1) is 0 Å². The number of esters is 2. The highest BCUT2D eigenvalue weighted by molar-refractivity contribution is 5.95. The molecule has 3 aromatic rings. The Morgan fingerprint density at radius 3 is 2.17 bits per heavy atom. The van der Waals surface area contributed by atoms with Crippen LogP contribution in [0, 0.1) is 0 Å². The van der Waals surface area contributed by atoms with E-state index < -0.39 is 17.8 Å². The van der Waals surface area contributed by atoms with Gasteiger partial charge in [0.15, 0.2) is 0 Å². The monoisotopic (exact) mass is 538 g/mol. The number of nitrogens with zero attached hydrogens (tertiary/aromatic N) is 4. The SMILES string of the molecule is COc1ccccc1CN1C(N2CCN(Cc3ccccc3)CC2)=Nc2ccccc2C12OC(=O)C=CC(=O)O2. The van der Waals surface area contributed by atoms with E-state index in [0.717, 1.165) is 37.3 Å². The van der Waals surface area contributed by atoms with Gasteiger partial charge in [0.2, 0.25) is 5.96 Å². The maximum absolute atomic E-state index is 12.9. The molecule has 6 rings (SSSR count). The van der Waals surface area contributed by atoms with E-state index in [0.29, 0.717) is 36.0 Å². The summed E-state index contributed by atoms with van der Waals surface area (Å²) in [7, 11) is 1.61. The maximum Gasteiger partial charge on any atom is 0.376 e. The summed E-state index contributed by atoms with van der Waals surface area (Å²) in [5, 5.41) is 0. The van der Waals surface area contributed by atoms with E-state index in [1.54, 1.807) is 18.1 Å². The Balaban J connectivity index is 1.39. The molecule has 0 amide bonds. The zero-order valence-corrected chi connectivity index (χ0v) is 22.2. The highest BCUT2D eigenvalue weighted by Crippen LogP contribution is 2.44. The Hall–Kier alpha value is -4.63. The van der Waals surface area contributed by atoms with Crippen LogP contribution in [0.15, 0.2) is 96.0 Å². The molecular formula is C31H30N4O5. The summed E-state index contributed by atoms with van der Waals surface area (Å²) in [4.78, 5) is 37.1. The van der Waals surface area contributed by atoms with Gasteiger partial charge in [-0.1, -0.05) is 60.7 Å². The number of hydrogen-bond donors (Lipinski definition) is 0. The van der Waals surface area contributed by atoms with Gasteiger partial charge in [0.25, 0.3) is 0 Å². The smallest absolute Gasteiger partial charge is 0.376 e. The van der Waals surface area contributed by atoms with Crippen LogP contribution in [0.3, 0.4) is 0 Å². The molecule has 3 aliphatic heterocycles. The Labute approximate surface area is 232 Å². The lowest BCUT2D eigenvalue weighted by Crippen LogP contribution is -2.61. The van der Waals surface area contributed by atoms with Crippen molar-refractivity contribution < 1.29 is 23.8 Å². The summed E-state index contributed by atoms with van der Waals surface area (Å²) in [5.41, 5.74) is 3.13. The van der Waals surface area contributed by atoms with Gasteiger partial charge in [0, 0.05) is 50.4 Å². The second-order valence-corrected chi connectivity index (χ2v) is 9.83. The Bertz CT molecular complexity index is 1440. The fourth-order valence-corrected chi connectivity index (χ4v) is 5.37. The highest BCUT2D eigenvalue weighted by atomic mass is 16.8. The summed E-state index contributed by atoms with van der Waals surface area (Å²) < 4.78 is 17.7. The molecule has 0 N–H and O–H groups in total. The third-order valence-electron chi connectivity index (χ3n) is 7.32. The molecule has 0 saturated carbocycles. The number of guanidine groups is 1. The van der Waals surface area contributed by atoms with Crippen molar-refractivity contribution >= 4 is 23.6 Å². The third kappa shape index (κ3) is 4.91. The topological polar surface area (TPSA) is 83.9 Å². The molecule has 0 bridgehead atoms. The molecule has 1 fully saturated rings. The zero-order valence-electron chi connectivity index (χ0n) is 22.2. The molecule has 0 aliphatic carbocycles. The molecule has 9 nitrogen and oxygen atoms in total. The van der Waals surface area contributed by atoms with Crippen LogP contribution in [-0.2, 0) is 38.1 Å². The predicted octanol–water partition coefficient (Wildman–Crippen LogP) is 3.78. The van der Waals surface area contributed by atoms with Crippen LogP contribution < -0.4 is 4.74 Å². The van der Waals surface area contributed by atoms with Crippen LogP contribution in [-0.4, -0.2) is 65.9 Å². The zero-order chi connectivity index (χ0) is 27.5. The Kier molecular flexibility index (Phi) is 6.96. The summed E-state index contributed by atoms with van der Waals surface area (Å²) >= 11 is 0. The number of para-hydroxylation sites is 2. The molecule has 0 unspecified atom stereocenters. The van der Waals surface area contributed by atoms with Gasteiger partial charge >= 0.3 is 17.8 Å². The lowest BCUT2D eigenvalue weighted by Gasteiger charge is -2.48. The molecule has 9 heteroatoms. The van der Waals surface area contributed by atoms with Crippen LogP contribution in [0.1, 0.15) is 16.7 Å². The van der Waals surface area contributed by atoms with E-state index in [2.05, 4.69) is 34.1 Å². The van der Waals surface area contributed by atoms with Crippen LogP contribution in [0.5, 0.6) is 5.75 Å². The number of methoxy groups -OCH3 is 1. The molecule has 40 heavy (non-hydrogen) atoms. The first-order chi connectivity index (χ1) is 19.6. The highest BCUT2D eigenvalue weighted by Gasteiger charge is 2.54. The second-order valence-electron chi connectivity index (χ2n) is 9.83. The van der Waals surface area contributed by atoms with Crippen LogP contribution in [0.25, 0.3) is 0 Å². The Morgan fingerprint density at radius 1 is 0.800 bits per heavy atom. The van der Waals surface area contributed by atoms with Gasteiger partial charge in [0.1, 0.15) is 5.75 Å². The fourth-order valence-electron chi connectivity index (χ4n) is 5.37. The van der Waals surface area contributed by atoms with Crippen molar-refractivity contribution in [1.29, 1.82) is 0 Å². The largest absolute Gasteiger partial charge is 0.496 e. The first kappa shape index (κ1) is 25.6. The second kappa shape index (κ2) is 10.9. The number of piperazine rings is 1. The molecule has 3 aromatic carbocycles. The lowest BCUT2D eigenvalue weighted by molar-refractivity contribution is -0.278. The van der Waals surface area contributed by atoms with Crippen LogP contribution >= 0.6 is 0 Å². The number of carbonyl (C=O) groups excluding carboxylic acids is 2. The molecule has 1 spiro atoms. The van der Waals surface area contributed by atoms with Gasteiger partial charge in [-0.3, -0.25) is 9.80 Å². The average Bonchev–Trinajstić information content (AvgIpc) is 3.13. The van der Waals surface area contributed by atoms with Gasteiger partial charge < -0.3 is 19.1 Å². The molecule has 3 aliphatic rings. The molecule has 204 valence electrons. The standard InChI is InChI=1S/C31H30N4O5/c1-38-27-14-8-5-11-24(27)22-35-30(34-19-17-33(18-20-34)21-23-9-3-2-4-10-23)32-26-13-7-6-12-25(26)31(35)39-28(36)15-16-29(37)40-31/h2-16H,17-22H2,1H3. The van der Waals surface area contributed by atoms with Crippen LogP contribution in [0.2, 0.25) is 0 Å². The summed E-state index contributed by atoms with van der Waals surface area (Å²) in [6.07, 6.45) is 2.18. The van der Waals surface area contributed by atoms with Crippen molar-refractivity contribution in [3.05, 3.63) is 108 Å². The van der Waals surface area contributed by atoms with Gasteiger partial charge in [-0.05, 0) is 23.8 Å². The van der Waals surface area contributed by atoms with Crippen molar-refractivity contribution in [2.24, 2.45) is 4.99 Å². The van der Waals surface area contributed by atoms with Crippen molar-refractivity contribution in [2.75, 3.05) is 33.3 Å². The van der Waals surface area contributed by atoms with Gasteiger partial charge in [0.05, 0.1) is 24.9 Å². The molecular weight excluding hydrogens is 508 g/mol. The number of benzene rings is 3. The predicted molar refractivity (Wildman–Crippen MR) is 148 cm³/mol. The number of aliphatic imine (C=N–C) groups is 1. The summed E-state index contributed by atoms with van der Waals surface area (Å²) in [6, 6.07) is 25.3. The van der Waals surface area contributed by atoms with E-state index in [-0.39, 0.29) is 6.54 Å². The molecule has 0 radical (unpaired) electrons. The fraction of sp³-hybridized carbons (Fsp3) is 0.258. The minimum absolute atomic E-state index is 0.210. The first-order valence-electron chi connectivity index (χ1n) is 13.3. The van der Waals surface area contributed by atoms with Crippen molar-refractivity contribution in [1.82, 2.24) is 14.7 Å². The number of hydrogen-bond acceptors (Lipinski definition) is 9. The average molecular weight is 539 g/mol. The number of rotatable bonds is 5. The van der Waals surface area contributed by atoms with Gasteiger partial charge in [-0.25, -0.2) is 14.6 Å². The molecule has 0 aromatic heterocycles. The van der Waals surface area contributed by atoms with E-state index in [4.69, 9.17) is 19.2 Å². The minimum Gasteiger partial charge on any atom is -0.496 e. The minimum atomic E-state index is -1.85. The quantitative estimate of drug-likeness (QED) is 0.454. The van der Waals surface area contributed by atoms with E-state index in [9.17, 15) is 9.59 Å². The van der Waals surface area contributed by atoms with E-state index in [1.807, 2.05) is 48.5 Å². The number of carbonyl (C=O) groups is 2. The van der Waals surface area contributed by atoms with Gasteiger partial charge in [-0.2, -0.15) is 0 Å². The van der Waals surface area contributed by atoms with Crippen molar-refractivity contribution in [2.45, 2.75) is 19.0 Å². The third-order valence-corrected chi connectivity index (χ3v) is 7.32. The summed E-state index contributed by atoms with van der Waals surface area (Å²) in [5.74, 6) is -1.99. The molecule has 3 heterocycles. The van der Waals surface area contributed by atoms with Crippen LogP contribution in [0.4, 0.5) is 5.69 Å². The Morgan fingerprint density at radius 2 is 1.45 bits per heavy atom. The van der Waals surface area contributed by atoms with E-state index in [1.165, 1.54) is 5.56 Å². The summed E-state index contributed by atoms with van der Waals surface area (Å²) in [6.45, 7) is 4.07. The number of fused-ring (bicyclic) bond motifs is 2. The van der Waals surface area contributed by atoms with Crippen molar-refractivity contribution in [3.63, 3.8) is 0 Å². The molecule has 0 atom stereocenters. The number of ether oxygens (including phenoxy) is 3. The normalized spacial score (nSPS) is 18.5.